The minimum Gasteiger partial charge on any atom is -0.369 e. The molecular formula is C15H25N5. The van der Waals surface area contributed by atoms with Crippen molar-refractivity contribution >= 4 is 17.1 Å². The van der Waals surface area contributed by atoms with Crippen LogP contribution in [-0.2, 0) is 0 Å². The molecule has 2 aromatic rings. The molecule has 0 aliphatic carbocycles. The number of anilines is 1. The number of fused-ring (bicyclic) bond motifs is 1. The molecule has 1 unspecified atom stereocenters. The molecule has 20 heavy (non-hydrogen) atoms. The molecule has 0 aliphatic rings. The predicted molar refractivity (Wildman–Crippen MR) is 83.7 cm³/mol. The Hall–Kier alpha value is -1.62. The first-order chi connectivity index (χ1) is 9.38. The summed E-state index contributed by atoms with van der Waals surface area (Å²) in [4.78, 5) is 11.3. The maximum atomic E-state index is 6.15. The van der Waals surface area contributed by atoms with Gasteiger partial charge in [0.1, 0.15) is 5.52 Å². The van der Waals surface area contributed by atoms with Gasteiger partial charge in [-0.3, -0.25) is 4.57 Å². The molecule has 0 saturated heterocycles. The van der Waals surface area contributed by atoms with E-state index >= 15 is 0 Å². The van der Waals surface area contributed by atoms with Crippen molar-refractivity contribution in [3.05, 3.63) is 17.8 Å². The molecule has 0 amide bonds. The summed E-state index contributed by atoms with van der Waals surface area (Å²) in [6, 6.07) is 4.26. The summed E-state index contributed by atoms with van der Waals surface area (Å²) < 4.78 is 2.10. The van der Waals surface area contributed by atoms with Crippen LogP contribution < -0.4 is 5.73 Å². The molecule has 2 rings (SSSR count). The fourth-order valence-electron chi connectivity index (χ4n) is 2.67. The topological polar surface area (TPSA) is 60.0 Å². The van der Waals surface area contributed by atoms with E-state index in [2.05, 4.69) is 47.4 Å². The van der Waals surface area contributed by atoms with Crippen LogP contribution in [-0.4, -0.2) is 40.1 Å². The van der Waals surface area contributed by atoms with Gasteiger partial charge in [-0.1, -0.05) is 13.8 Å². The summed E-state index contributed by atoms with van der Waals surface area (Å²) in [5, 5.41) is 0. The molecule has 110 valence electrons. The summed E-state index contributed by atoms with van der Waals surface area (Å²) in [7, 11) is 4.17. The van der Waals surface area contributed by atoms with Crippen molar-refractivity contribution in [1.82, 2.24) is 19.4 Å². The van der Waals surface area contributed by atoms with E-state index in [-0.39, 0.29) is 0 Å². The molecule has 0 saturated carbocycles. The predicted octanol–water partition coefficient (Wildman–Crippen LogP) is 2.47. The van der Waals surface area contributed by atoms with Gasteiger partial charge in [-0.05, 0) is 45.5 Å². The second-order valence-corrected chi connectivity index (χ2v) is 6.18. The van der Waals surface area contributed by atoms with E-state index < -0.39 is 0 Å². The van der Waals surface area contributed by atoms with Crippen LogP contribution in [0.25, 0.3) is 11.2 Å². The maximum Gasteiger partial charge on any atom is 0.202 e. The highest BCUT2D eigenvalue weighted by atomic mass is 15.2. The first-order valence-corrected chi connectivity index (χ1v) is 7.14. The van der Waals surface area contributed by atoms with Gasteiger partial charge in [-0.15, -0.1) is 0 Å². The third kappa shape index (κ3) is 3.10. The number of nitrogens with two attached hydrogens (primary N) is 1. The molecule has 0 fully saturated rings. The SMILES string of the molecule is Cc1ccc2nc(N)n(C(CC(C)C)CN(C)C)c2n1. The Labute approximate surface area is 120 Å². The fourth-order valence-corrected chi connectivity index (χ4v) is 2.67. The van der Waals surface area contributed by atoms with Gasteiger partial charge < -0.3 is 10.6 Å². The summed E-state index contributed by atoms with van der Waals surface area (Å²) in [6.07, 6.45) is 1.06. The van der Waals surface area contributed by atoms with Gasteiger partial charge in [0.25, 0.3) is 0 Å². The fraction of sp³-hybridized carbons (Fsp3) is 0.600. The number of aryl methyl sites for hydroxylation is 1. The van der Waals surface area contributed by atoms with Crippen molar-refractivity contribution in [3.8, 4) is 0 Å². The van der Waals surface area contributed by atoms with Crippen LogP contribution in [0.2, 0.25) is 0 Å². The summed E-state index contributed by atoms with van der Waals surface area (Å²) >= 11 is 0. The number of hydrogen-bond acceptors (Lipinski definition) is 4. The molecular weight excluding hydrogens is 250 g/mol. The summed E-state index contributed by atoms with van der Waals surface area (Å²) in [5.41, 5.74) is 8.92. The smallest absolute Gasteiger partial charge is 0.202 e. The van der Waals surface area contributed by atoms with Gasteiger partial charge in [0.15, 0.2) is 5.65 Å². The summed E-state index contributed by atoms with van der Waals surface area (Å²) in [5.74, 6) is 1.16. The van der Waals surface area contributed by atoms with Gasteiger partial charge in [0, 0.05) is 12.2 Å². The molecule has 5 heteroatoms. The van der Waals surface area contributed by atoms with Gasteiger partial charge in [0.05, 0.1) is 6.04 Å². The van der Waals surface area contributed by atoms with Gasteiger partial charge >= 0.3 is 0 Å². The molecule has 2 aromatic heterocycles. The lowest BCUT2D eigenvalue weighted by Crippen LogP contribution is -2.26. The highest BCUT2D eigenvalue weighted by Gasteiger charge is 2.20. The zero-order chi connectivity index (χ0) is 14.9. The van der Waals surface area contributed by atoms with Crippen LogP contribution in [0.4, 0.5) is 5.95 Å². The quantitative estimate of drug-likeness (QED) is 0.910. The minimum atomic E-state index is 0.296. The van der Waals surface area contributed by atoms with Crippen LogP contribution in [0.1, 0.15) is 32.0 Å². The largest absolute Gasteiger partial charge is 0.369 e. The molecule has 0 aromatic carbocycles. The van der Waals surface area contributed by atoms with Crippen LogP contribution in [0.3, 0.4) is 0 Å². The van der Waals surface area contributed by atoms with Crippen molar-refractivity contribution in [2.45, 2.75) is 33.2 Å². The number of hydrogen-bond donors (Lipinski definition) is 1. The van der Waals surface area contributed by atoms with Crippen molar-refractivity contribution in [2.24, 2.45) is 5.92 Å². The van der Waals surface area contributed by atoms with E-state index in [9.17, 15) is 0 Å². The third-order valence-electron chi connectivity index (χ3n) is 3.39. The molecule has 0 bridgehead atoms. The molecule has 0 radical (unpaired) electrons. The zero-order valence-electron chi connectivity index (χ0n) is 13.1. The number of likely N-dealkylation sites (N-methyl/N-ethyl adjacent to an activating group) is 1. The second kappa shape index (κ2) is 5.79. The number of imidazole rings is 1. The zero-order valence-corrected chi connectivity index (χ0v) is 13.1. The lowest BCUT2D eigenvalue weighted by molar-refractivity contribution is 0.294. The highest BCUT2D eigenvalue weighted by molar-refractivity contribution is 5.74. The summed E-state index contributed by atoms with van der Waals surface area (Å²) in [6.45, 7) is 7.40. The number of nitrogens with zero attached hydrogens (tertiary/aromatic N) is 4. The Kier molecular flexibility index (Phi) is 4.28. The number of nitrogen functional groups attached to an aromatic ring is 1. The number of pyridine rings is 1. The van der Waals surface area contributed by atoms with E-state index in [0.717, 1.165) is 29.8 Å². The standard InChI is InChI=1S/C15H25N5/c1-10(2)8-12(9-19(4)5)20-14-13(18-15(20)16)7-6-11(3)17-14/h6-7,10,12H,8-9H2,1-5H3,(H2,16,18). The normalized spacial score (nSPS) is 13.6. The Morgan fingerprint density at radius 3 is 2.55 bits per heavy atom. The van der Waals surface area contributed by atoms with Gasteiger partial charge in [-0.2, -0.15) is 0 Å². The molecule has 2 heterocycles. The Balaban J connectivity index is 2.50. The second-order valence-electron chi connectivity index (χ2n) is 6.18. The van der Waals surface area contributed by atoms with E-state index in [1.54, 1.807) is 0 Å². The van der Waals surface area contributed by atoms with Crippen molar-refractivity contribution in [3.63, 3.8) is 0 Å². The van der Waals surface area contributed by atoms with Crippen molar-refractivity contribution in [2.75, 3.05) is 26.4 Å². The van der Waals surface area contributed by atoms with E-state index in [4.69, 9.17) is 5.73 Å². The Morgan fingerprint density at radius 2 is 1.95 bits per heavy atom. The lowest BCUT2D eigenvalue weighted by atomic mass is 10.0. The first-order valence-electron chi connectivity index (χ1n) is 7.14. The van der Waals surface area contributed by atoms with Crippen LogP contribution in [0, 0.1) is 12.8 Å². The monoisotopic (exact) mass is 275 g/mol. The van der Waals surface area contributed by atoms with Crippen molar-refractivity contribution < 1.29 is 0 Å². The molecule has 5 nitrogen and oxygen atoms in total. The first kappa shape index (κ1) is 14.8. The highest BCUT2D eigenvalue weighted by Crippen LogP contribution is 2.26. The van der Waals surface area contributed by atoms with Gasteiger partial charge in [0.2, 0.25) is 5.95 Å². The van der Waals surface area contributed by atoms with Crippen LogP contribution in [0.15, 0.2) is 12.1 Å². The average Bonchev–Trinajstić information content (AvgIpc) is 2.62. The van der Waals surface area contributed by atoms with Gasteiger partial charge in [-0.25, -0.2) is 9.97 Å². The van der Waals surface area contributed by atoms with Crippen LogP contribution >= 0.6 is 0 Å². The Morgan fingerprint density at radius 1 is 1.25 bits per heavy atom. The lowest BCUT2D eigenvalue weighted by Gasteiger charge is -2.25. The third-order valence-corrected chi connectivity index (χ3v) is 3.39. The molecule has 2 N–H and O–H groups in total. The average molecular weight is 275 g/mol. The maximum absolute atomic E-state index is 6.15. The van der Waals surface area contributed by atoms with E-state index in [0.29, 0.717) is 17.9 Å². The number of aromatic nitrogens is 3. The molecule has 1 atom stereocenters. The molecule has 0 aliphatic heterocycles. The van der Waals surface area contributed by atoms with E-state index in [1.165, 1.54) is 0 Å². The molecule has 0 spiro atoms. The minimum absolute atomic E-state index is 0.296. The van der Waals surface area contributed by atoms with Crippen molar-refractivity contribution in [1.29, 1.82) is 0 Å². The number of rotatable bonds is 5. The van der Waals surface area contributed by atoms with E-state index in [1.807, 2.05) is 19.1 Å². The Bertz CT molecular complexity index is 575. The van der Waals surface area contributed by atoms with Crippen LogP contribution in [0.5, 0.6) is 0 Å².